The van der Waals surface area contributed by atoms with Crippen molar-refractivity contribution in [3.63, 3.8) is 0 Å². The van der Waals surface area contributed by atoms with Gasteiger partial charge in [0.1, 0.15) is 5.69 Å². The molecule has 0 spiro atoms. The summed E-state index contributed by atoms with van der Waals surface area (Å²) in [5.74, 6) is 0.693. The predicted octanol–water partition coefficient (Wildman–Crippen LogP) is 3.53. The Labute approximate surface area is 136 Å². The molecule has 2 N–H and O–H groups in total. The van der Waals surface area contributed by atoms with Gasteiger partial charge in [0.2, 0.25) is 0 Å². The summed E-state index contributed by atoms with van der Waals surface area (Å²) >= 11 is 0. The summed E-state index contributed by atoms with van der Waals surface area (Å²) in [4.78, 5) is 2.17. The maximum Gasteiger partial charge on any atom is 0.150 e. The molecule has 1 heterocycles. The van der Waals surface area contributed by atoms with E-state index in [9.17, 15) is 0 Å². The molecule has 0 aliphatic carbocycles. The highest BCUT2D eigenvalue weighted by Crippen LogP contribution is 2.27. The Hall–Kier alpha value is -2.43. The average Bonchev–Trinajstić information content (AvgIpc) is 3.04. The van der Waals surface area contributed by atoms with Crippen LogP contribution in [0.2, 0.25) is 0 Å². The molecule has 3 aromatic rings. The Bertz CT molecular complexity index is 793. The summed E-state index contributed by atoms with van der Waals surface area (Å²) < 4.78 is 5.20. The topological polar surface area (TPSA) is 55.3 Å². The van der Waals surface area contributed by atoms with Crippen LogP contribution in [0.25, 0.3) is 22.4 Å². The minimum Gasteiger partial charge on any atom is -0.359 e. The molecule has 0 unspecified atom stereocenters. The first-order valence-electron chi connectivity index (χ1n) is 7.66. The molecular formula is C19H21N3O. The third kappa shape index (κ3) is 3.67. The third-order valence-electron chi connectivity index (χ3n) is 3.68. The molecule has 2 aromatic carbocycles. The van der Waals surface area contributed by atoms with Crippen molar-refractivity contribution in [3.8, 4) is 22.4 Å². The zero-order chi connectivity index (χ0) is 16.2. The second-order valence-corrected chi connectivity index (χ2v) is 5.90. The van der Waals surface area contributed by atoms with E-state index in [1.165, 1.54) is 16.7 Å². The molecule has 118 valence electrons. The zero-order valence-corrected chi connectivity index (χ0v) is 13.5. The van der Waals surface area contributed by atoms with E-state index in [-0.39, 0.29) is 0 Å². The van der Waals surface area contributed by atoms with Crippen molar-refractivity contribution in [1.82, 2.24) is 10.1 Å². The van der Waals surface area contributed by atoms with Gasteiger partial charge in [-0.15, -0.1) is 0 Å². The molecule has 23 heavy (non-hydrogen) atoms. The van der Waals surface area contributed by atoms with Gasteiger partial charge < -0.3 is 15.2 Å². The molecular weight excluding hydrogens is 286 g/mol. The molecule has 0 amide bonds. The first kappa shape index (κ1) is 15.5. The van der Waals surface area contributed by atoms with Crippen LogP contribution in [0.4, 0.5) is 0 Å². The summed E-state index contributed by atoms with van der Waals surface area (Å²) in [5.41, 5.74) is 11.1. The van der Waals surface area contributed by atoms with Crippen molar-refractivity contribution >= 4 is 0 Å². The monoisotopic (exact) mass is 307 g/mol. The van der Waals surface area contributed by atoms with Crippen LogP contribution in [-0.2, 0) is 13.1 Å². The number of hydrogen-bond acceptors (Lipinski definition) is 4. The van der Waals surface area contributed by atoms with Gasteiger partial charge in [-0.25, -0.2) is 0 Å². The van der Waals surface area contributed by atoms with E-state index < -0.39 is 0 Å². The number of nitrogens with zero attached hydrogens (tertiary/aromatic N) is 2. The second kappa shape index (κ2) is 6.77. The second-order valence-electron chi connectivity index (χ2n) is 5.90. The molecule has 1 aromatic heterocycles. The van der Waals surface area contributed by atoms with Gasteiger partial charge in [-0.05, 0) is 42.9 Å². The predicted molar refractivity (Wildman–Crippen MR) is 92.7 cm³/mol. The normalized spacial score (nSPS) is 11.1. The minimum atomic E-state index is 0.360. The zero-order valence-electron chi connectivity index (χ0n) is 13.5. The lowest BCUT2D eigenvalue weighted by atomic mass is 10.00. The fourth-order valence-corrected chi connectivity index (χ4v) is 2.62. The van der Waals surface area contributed by atoms with Crippen LogP contribution in [0.15, 0.2) is 59.1 Å². The molecule has 0 saturated carbocycles. The van der Waals surface area contributed by atoms with Crippen LogP contribution in [0.5, 0.6) is 0 Å². The Balaban J connectivity index is 1.93. The summed E-state index contributed by atoms with van der Waals surface area (Å²) in [6.45, 7) is 1.29. The number of hydrogen-bond donors (Lipinski definition) is 1. The molecule has 0 aliphatic rings. The van der Waals surface area contributed by atoms with Crippen LogP contribution in [0.1, 0.15) is 11.3 Å². The standard InChI is InChI=1S/C19H21N3O/c1-22(2)13-14-5-3-6-15(9-14)16-7-4-8-17(10-16)19-11-18(12-20)23-21-19/h3-11H,12-13,20H2,1-2H3. The fraction of sp³-hybridized carbons (Fsp3) is 0.211. The Kier molecular flexibility index (Phi) is 4.55. The molecule has 0 saturated heterocycles. The third-order valence-corrected chi connectivity index (χ3v) is 3.68. The lowest BCUT2D eigenvalue weighted by molar-refractivity contribution is 0.387. The first-order chi connectivity index (χ1) is 11.2. The molecule has 0 radical (unpaired) electrons. The summed E-state index contributed by atoms with van der Waals surface area (Å²) in [6, 6.07) is 18.8. The van der Waals surface area contributed by atoms with Crippen molar-refractivity contribution < 1.29 is 4.52 Å². The summed E-state index contributed by atoms with van der Waals surface area (Å²) in [6.07, 6.45) is 0. The quantitative estimate of drug-likeness (QED) is 0.783. The maximum absolute atomic E-state index is 5.58. The highest BCUT2D eigenvalue weighted by Gasteiger charge is 2.07. The van der Waals surface area contributed by atoms with Gasteiger partial charge in [-0.2, -0.15) is 0 Å². The Morgan fingerprint density at radius 1 is 0.957 bits per heavy atom. The van der Waals surface area contributed by atoms with Gasteiger partial charge in [0.05, 0.1) is 6.54 Å². The van der Waals surface area contributed by atoms with Crippen LogP contribution in [0.3, 0.4) is 0 Å². The van der Waals surface area contributed by atoms with Crippen molar-refractivity contribution in [2.45, 2.75) is 13.1 Å². The van der Waals surface area contributed by atoms with Crippen LogP contribution in [0, 0.1) is 0 Å². The lowest BCUT2D eigenvalue weighted by Gasteiger charge is -2.11. The van der Waals surface area contributed by atoms with Gasteiger partial charge in [0.15, 0.2) is 5.76 Å². The number of aromatic nitrogens is 1. The van der Waals surface area contributed by atoms with Crippen molar-refractivity contribution in [3.05, 3.63) is 65.9 Å². The van der Waals surface area contributed by atoms with E-state index >= 15 is 0 Å². The van der Waals surface area contributed by atoms with Crippen LogP contribution in [-0.4, -0.2) is 24.2 Å². The molecule has 0 atom stereocenters. The largest absolute Gasteiger partial charge is 0.359 e. The number of rotatable bonds is 5. The number of nitrogens with two attached hydrogens (primary N) is 1. The van der Waals surface area contributed by atoms with Gasteiger partial charge in [-0.3, -0.25) is 0 Å². The minimum absolute atomic E-state index is 0.360. The van der Waals surface area contributed by atoms with Gasteiger partial charge in [0, 0.05) is 18.2 Å². The van der Waals surface area contributed by atoms with E-state index in [4.69, 9.17) is 10.3 Å². The van der Waals surface area contributed by atoms with E-state index in [0.29, 0.717) is 12.3 Å². The number of benzene rings is 2. The van der Waals surface area contributed by atoms with E-state index in [1.807, 2.05) is 18.2 Å². The average molecular weight is 307 g/mol. The fourth-order valence-electron chi connectivity index (χ4n) is 2.62. The van der Waals surface area contributed by atoms with E-state index in [0.717, 1.165) is 17.8 Å². The highest BCUT2D eigenvalue weighted by molar-refractivity contribution is 5.71. The van der Waals surface area contributed by atoms with Crippen molar-refractivity contribution in [2.24, 2.45) is 5.73 Å². The maximum atomic E-state index is 5.58. The van der Waals surface area contributed by atoms with Crippen LogP contribution < -0.4 is 5.73 Å². The molecule has 3 rings (SSSR count). The summed E-state index contributed by atoms with van der Waals surface area (Å²) in [7, 11) is 4.15. The lowest BCUT2D eigenvalue weighted by Crippen LogP contribution is -2.10. The molecule has 4 nitrogen and oxygen atoms in total. The first-order valence-corrected chi connectivity index (χ1v) is 7.66. The SMILES string of the molecule is CN(C)Cc1cccc(-c2cccc(-c3cc(CN)on3)c2)c1. The van der Waals surface area contributed by atoms with E-state index in [2.05, 4.69) is 60.6 Å². The van der Waals surface area contributed by atoms with Crippen LogP contribution >= 0.6 is 0 Å². The van der Waals surface area contributed by atoms with Crippen molar-refractivity contribution in [2.75, 3.05) is 14.1 Å². The molecule has 0 aliphatic heterocycles. The van der Waals surface area contributed by atoms with E-state index in [1.54, 1.807) is 0 Å². The summed E-state index contributed by atoms with van der Waals surface area (Å²) in [5, 5.41) is 4.09. The Morgan fingerprint density at radius 2 is 1.65 bits per heavy atom. The molecule has 0 fully saturated rings. The van der Waals surface area contributed by atoms with Gasteiger partial charge >= 0.3 is 0 Å². The Morgan fingerprint density at radius 3 is 2.35 bits per heavy atom. The molecule has 4 heteroatoms. The van der Waals surface area contributed by atoms with Gasteiger partial charge in [-0.1, -0.05) is 41.6 Å². The highest BCUT2D eigenvalue weighted by atomic mass is 16.5. The van der Waals surface area contributed by atoms with Crippen molar-refractivity contribution in [1.29, 1.82) is 0 Å². The molecule has 0 bridgehead atoms. The smallest absolute Gasteiger partial charge is 0.150 e. The van der Waals surface area contributed by atoms with Gasteiger partial charge in [0.25, 0.3) is 0 Å².